The van der Waals surface area contributed by atoms with Crippen molar-refractivity contribution in [3.8, 4) is 0 Å². The van der Waals surface area contributed by atoms with Crippen molar-refractivity contribution in [3.63, 3.8) is 0 Å². The Morgan fingerprint density at radius 1 is 0.303 bits per heavy atom. The lowest BCUT2D eigenvalue weighted by Gasteiger charge is -2.21. The van der Waals surface area contributed by atoms with Crippen molar-refractivity contribution in [1.29, 1.82) is 0 Å². The van der Waals surface area contributed by atoms with E-state index in [-0.39, 0.29) is 25.7 Å². The Hall–Kier alpha value is -1.98. The van der Waals surface area contributed by atoms with Gasteiger partial charge in [-0.2, -0.15) is 0 Å². The lowest BCUT2D eigenvalue weighted by molar-refractivity contribution is -0.161. The molecule has 0 saturated carbocycles. The fraction of sp³-hybridized carbons (Fsp3) is 0.942. The van der Waals surface area contributed by atoms with Crippen molar-refractivity contribution < 1.29 is 80.2 Å². The second-order valence-electron chi connectivity index (χ2n) is 25.1. The molecule has 0 aliphatic carbocycles. The maximum atomic E-state index is 13.0. The van der Waals surface area contributed by atoms with Crippen LogP contribution in [0.3, 0.4) is 0 Å². The van der Waals surface area contributed by atoms with Gasteiger partial charge >= 0.3 is 39.5 Å². The SMILES string of the molecule is CCCCCCCCCCCCCCCC(=O)OC[C@H](COP(=O)(O)OC[C@@H](O)COP(=O)(O)OC[C@@H](COC(=O)CCCCCCCCCCCN)OC(=O)CCCCCCCCCCCCCCC)OC(=O)CCCCCCCCCCCCCCC. The molecule has 2 unspecified atom stereocenters. The number of ether oxygens (including phenoxy) is 4. The van der Waals surface area contributed by atoms with E-state index in [0.717, 1.165) is 122 Å². The first-order valence-electron chi connectivity index (χ1n) is 36.5. The molecule has 0 heterocycles. The quantitative estimate of drug-likeness (QED) is 0.0191. The zero-order valence-corrected chi connectivity index (χ0v) is 58.8. The zero-order valence-electron chi connectivity index (χ0n) is 57.0. The van der Waals surface area contributed by atoms with Crippen molar-refractivity contribution in [2.75, 3.05) is 46.2 Å². The van der Waals surface area contributed by atoms with Gasteiger partial charge in [0.2, 0.25) is 0 Å². The van der Waals surface area contributed by atoms with Crippen LogP contribution in [0.25, 0.3) is 0 Å². The third-order valence-corrected chi connectivity index (χ3v) is 18.1. The molecule has 89 heavy (non-hydrogen) atoms. The Labute approximate surface area is 542 Å². The number of nitrogens with two attached hydrogens (primary N) is 1. The number of phosphoric ester groups is 2. The van der Waals surface area contributed by atoms with Crippen LogP contribution in [0.1, 0.15) is 355 Å². The minimum atomic E-state index is -4.95. The van der Waals surface area contributed by atoms with Gasteiger partial charge in [-0.15, -0.1) is 0 Å². The molecular weight excluding hydrogens is 1180 g/mol. The molecule has 18 nitrogen and oxygen atoms in total. The lowest BCUT2D eigenvalue weighted by Crippen LogP contribution is -2.30. The standard InChI is InChI=1S/C69H135NO17P2/c1-4-7-10-13-16-19-22-25-28-32-37-42-47-52-66(72)80-59-64(86-68(74)54-49-44-39-33-29-26-23-20-17-14-11-8-5-2)61-84-88(76,77)82-57-63(71)58-83-89(78,79)85-62-65(60-81-67(73)53-48-43-38-35-31-36-41-46-51-56-70)87-69(75)55-50-45-40-34-30-27-24-21-18-15-12-9-6-3/h63-65,71H,4-62,70H2,1-3H3,(H,76,77)(H,78,79)/t63-,64-,65-/m1/s1. The summed E-state index contributed by atoms with van der Waals surface area (Å²) in [5, 5.41) is 10.6. The first-order valence-corrected chi connectivity index (χ1v) is 39.5. The monoisotopic (exact) mass is 1310 g/mol. The molecule has 5 N–H and O–H groups in total. The van der Waals surface area contributed by atoms with Crippen LogP contribution in [0.2, 0.25) is 0 Å². The second-order valence-corrected chi connectivity index (χ2v) is 28.0. The number of phosphoric acid groups is 2. The summed E-state index contributed by atoms with van der Waals surface area (Å²) >= 11 is 0. The van der Waals surface area contributed by atoms with E-state index in [2.05, 4.69) is 20.8 Å². The predicted octanol–water partition coefficient (Wildman–Crippen LogP) is 18.8. The number of aliphatic hydroxyl groups is 1. The first kappa shape index (κ1) is 87.0. The Bertz CT molecular complexity index is 1710. The van der Waals surface area contributed by atoms with Crippen LogP contribution in [-0.2, 0) is 65.4 Å². The van der Waals surface area contributed by atoms with Crippen LogP contribution in [0, 0.1) is 0 Å². The average molecular weight is 1310 g/mol. The molecule has 0 spiro atoms. The molecular formula is C69H135NO17P2. The van der Waals surface area contributed by atoms with Gasteiger partial charge in [0.1, 0.15) is 19.3 Å². The van der Waals surface area contributed by atoms with Crippen LogP contribution in [0.4, 0.5) is 0 Å². The highest BCUT2D eigenvalue weighted by Crippen LogP contribution is 2.45. The third kappa shape index (κ3) is 64.5. The highest BCUT2D eigenvalue weighted by atomic mass is 31.2. The number of unbranched alkanes of at least 4 members (excludes halogenated alkanes) is 44. The number of rotatable bonds is 71. The Kier molecular flexibility index (Phi) is 63.3. The molecule has 0 aromatic heterocycles. The van der Waals surface area contributed by atoms with Gasteiger partial charge in [0.15, 0.2) is 12.2 Å². The maximum absolute atomic E-state index is 13.0. The lowest BCUT2D eigenvalue weighted by atomic mass is 10.0. The van der Waals surface area contributed by atoms with E-state index >= 15 is 0 Å². The number of carbonyl (C=O) groups excluding carboxylic acids is 4. The van der Waals surface area contributed by atoms with Crippen LogP contribution >= 0.6 is 15.6 Å². The minimum absolute atomic E-state index is 0.103. The summed E-state index contributed by atoms with van der Waals surface area (Å²) in [5.41, 5.74) is 5.58. The van der Waals surface area contributed by atoms with E-state index in [9.17, 15) is 43.2 Å². The molecule has 0 bridgehead atoms. The van der Waals surface area contributed by atoms with Gasteiger partial charge < -0.3 is 39.6 Å². The van der Waals surface area contributed by atoms with Crippen LogP contribution in [0.5, 0.6) is 0 Å². The van der Waals surface area contributed by atoms with E-state index in [1.807, 2.05) is 0 Å². The molecule has 0 amide bonds. The molecule has 0 aliphatic heterocycles. The Morgan fingerprint density at radius 3 is 0.742 bits per heavy atom. The van der Waals surface area contributed by atoms with Crippen LogP contribution in [-0.4, -0.2) is 103 Å². The van der Waals surface area contributed by atoms with E-state index in [1.54, 1.807) is 0 Å². The van der Waals surface area contributed by atoms with Gasteiger partial charge in [0.25, 0.3) is 0 Å². The molecule has 20 heteroatoms. The molecule has 0 rings (SSSR count). The van der Waals surface area contributed by atoms with Gasteiger partial charge in [0, 0.05) is 25.7 Å². The number of hydrogen-bond acceptors (Lipinski definition) is 16. The largest absolute Gasteiger partial charge is 0.472 e. The van der Waals surface area contributed by atoms with Crippen LogP contribution < -0.4 is 5.73 Å². The van der Waals surface area contributed by atoms with Gasteiger partial charge in [-0.05, 0) is 38.6 Å². The summed E-state index contributed by atoms with van der Waals surface area (Å²) in [6, 6.07) is 0. The molecule has 0 aromatic carbocycles. The van der Waals surface area contributed by atoms with E-state index in [1.165, 1.54) is 167 Å². The molecule has 0 aromatic rings. The van der Waals surface area contributed by atoms with Gasteiger partial charge in [-0.3, -0.25) is 37.3 Å². The summed E-state index contributed by atoms with van der Waals surface area (Å²) in [7, 11) is -9.90. The summed E-state index contributed by atoms with van der Waals surface area (Å²) in [4.78, 5) is 72.5. The first-order chi connectivity index (χ1) is 43.2. The topological polar surface area (TPSA) is 263 Å². The average Bonchev–Trinajstić information content (AvgIpc) is 3.73. The highest BCUT2D eigenvalue weighted by Gasteiger charge is 2.30. The molecule has 528 valence electrons. The number of aliphatic hydroxyl groups excluding tert-OH is 1. The molecule has 5 atom stereocenters. The maximum Gasteiger partial charge on any atom is 0.472 e. The number of esters is 4. The second kappa shape index (κ2) is 64.7. The summed E-state index contributed by atoms with van der Waals surface area (Å²) < 4.78 is 68.2. The molecule has 0 radical (unpaired) electrons. The van der Waals surface area contributed by atoms with E-state index < -0.39 is 97.5 Å². The Balaban J connectivity index is 5.24. The van der Waals surface area contributed by atoms with E-state index in [4.69, 9.17) is 42.8 Å². The van der Waals surface area contributed by atoms with Crippen molar-refractivity contribution in [2.24, 2.45) is 5.73 Å². The molecule has 0 aliphatic rings. The number of carbonyl (C=O) groups is 4. The van der Waals surface area contributed by atoms with Crippen molar-refractivity contribution >= 4 is 39.5 Å². The summed E-state index contributed by atoms with van der Waals surface area (Å²) in [6.07, 6.45) is 50.5. The predicted molar refractivity (Wildman–Crippen MR) is 357 cm³/mol. The summed E-state index contributed by atoms with van der Waals surface area (Å²) in [6.45, 7) is 3.43. The minimum Gasteiger partial charge on any atom is -0.462 e. The fourth-order valence-electron chi connectivity index (χ4n) is 10.6. The van der Waals surface area contributed by atoms with Gasteiger partial charge in [-0.25, -0.2) is 9.13 Å². The summed E-state index contributed by atoms with van der Waals surface area (Å²) in [5.74, 6) is -2.14. The van der Waals surface area contributed by atoms with Gasteiger partial charge in [-0.1, -0.05) is 297 Å². The highest BCUT2D eigenvalue weighted by molar-refractivity contribution is 7.47. The smallest absolute Gasteiger partial charge is 0.462 e. The fourth-order valence-corrected chi connectivity index (χ4v) is 12.2. The normalized spacial score (nSPS) is 14.0. The number of hydrogen-bond donors (Lipinski definition) is 4. The van der Waals surface area contributed by atoms with Crippen molar-refractivity contribution in [2.45, 2.75) is 373 Å². The van der Waals surface area contributed by atoms with Gasteiger partial charge in [0.05, 0.1) is 26.4 Å². The van der Waals surface area contributed by atoms with Crippen molar-refractivity contribution in [1.82, 2.24) is 0 Å². The molecule has 0 fully saturated rings. The van der Waals surface area contributed by atoms with Crippen LogP contribution in [0.15, 0.2) is 0 Å². The van der Waals surface area contributed by atoms with Crippen molar-refractivity contribution in [3.05, 3.63) is 0 Å². The molecule has 0 saturated heterocycles. The van der Waals surface area contributed by atoms with E-state index in [0.29, 0.717) is 25.7 Å². The Morgan fingerprint density at radius 2 is 0.506 bits per heavy atom. The third-order valence-electron chi connectivity index (χ3n) is 16.2. The zero-order chi connectivity index (χ0) is 65.4.